The molecular formula is C11H18O3. The first-order valence-corrected chi connectivity index (χ1v) is 5.22. The highest BCUT2D eigenvalue weighted by atomic mass is 16.7. The Balaban J connectivity index is 2.34. The number of hydrogen-bond acceptors (Lipinski definition) is 3. The molecule has 0 amide bonds. The molecule has 80 valence electrons. The third-order valence-electron chi connectivity index (χ3n) is 2.30. The molecule has 1 rings (SSSR count). The highest BCUT2D eigenvalue weighted by molar-refractivity contribution is 5.91. The molecule has 14 heavy (non-hydrogen) atoms. The van der Waals surface area contributed by atoms with Crippen LogP contribution in [0.3, 0.4) is 0 Å². The summed E-state index contributed by atoms with van der Waals surface area (Å²) in [6.07, 6.45) is 6.73. The lowest BCUT2D eigenvalue weighted by Crippen LogP contribution is -2.22. The Labute approximate surface area is 84.8 Å². The van der Waals surface area contributed by atoms with Gasteiger partial charge in [-0.1, -0.05) is 26.2 Å². The number of carbonyl (C=O) groups is 1. The Bertz CT molecular complexity index is 241. The minimum atomic E-state index is -1.38. The average Bonchev–Trinajstić information content (AvgIpc) is 2.34. The summed E-state index contributed by atoms with van der Waals surface area (Å²) in [6, 6.07) is 0. The predicted molar refractivity (Wildman–Crippen MR) is 53.6 cm³/mol. The number of aliphatic hydroxyl groups is 1. The van der Waals surface area contributed by atoms with Gasteiger partial charge in [-0.25, -0.2) is 4.79 Å². The van der Waals surface area contributed by atoms with Gasteiger partial charge in [0.1, 0.15) is 0 Å². The molecule has 0 bridgehead atoms. The molecule has 0 aliphatic carbocycles. The second kappa shape index (κ2) is 4.60. The van der Waals surface area contributed by atoms with E-state index in [2.05, 4.69) is 6.92 Å². The van der Waals surface area contributed by atoms with E-state index in [0.29, 0.717) is 5.57 Å². The van der Waals surface area contributed by atoms with Crippen LogP contribution in [-0.4, -0.2) is 16.9 Å². The zero-order valence-electron chi connectivity index (χ0n) is 8.88. The number of unbranched alkanes of at least 4 members (excludes halogenated alkanes) is 3. The largest absolute Gasteiger partial charge is 0.426 e. The Morgan fingerprint density at radius 2 is 2.14 bits per heavy atom. The first kappa shape index (κ1) is 11.2. The standard InChI is InChI=1S/C11H18O3/c1-3-4-5-6-7-9-8-11(2,13)14-10(9)12/h8,13H,3-7H2,1-2H3. The minimum absolute atomic E-state index is 0.369. The summed E-state index contributed by atoms with van der Waals surface area (Å²) < 4.78 is 4.74. The van der Waals surface area contributed by atoms with Crippen molar-refractivity contribution in [3.05, 3.63) is 11.6 Å². The molecule has 1 unspecified atom stereocenters. The molecule has 0 aromatic heterocycles. The molecule has 3 heteroatoms. The van der Waals surface area contributed by atoms with Gasteiger partial charge in [0.05, 0.1) is 0 Å². The summed E-state index contributed by atoms with van der Waals surface area (Å²) in [7, 11) is 0. The van der Waals surface area contributed by atoms with Crippen LogP contribution in [0.4, 0.5) is 0 Å². The summed E-state index contributed by atoms with van der Waals surface area (Å²) in [5.74, 6) is -1.75. The highest BCUT2D eigenvalue weighted by Crippen LogP contribution is 2.25. The Kier molecular flexibility index (Phi) is 3.69. The van der Waals surface area contributed by atoms with Crippen molar-refractivity contribution in [2.45, 2.75) is 51.7 Å². The summed E-state index contributed by atoms with van der Waals surface area (Å²) in [4.78, 5) is 11.2. The van der Waals surface area contributed by atoms with E-state index in [1.807, 2.05) is 0 Å². The molecule has 0 fully saturated rings. The molecule has 1 N–H and O–H groups in total. The number of cyclic esters (lactones) is 1. The lowest BCUT2D eigenvalue weighted by atomic mass is 10.1. The molecule has 3 nitrogen and oxygen atoms in total. The monoisotopic (exact) mass is 198 g/mol. The van der Waals surface area contributed by atoms with Crippen LogP contribution in [0.25, 0.3) is 0 Å². The average molecular weight is 198 g/mol. The van der Waals surface area contributed by atoms with E-state index in [-0.39, 0.29) is 5.97 Å². The number of ether oxygens (including phenoxy) is 1. The van der Waals surface area contributed by atoms with E-state index in [0.717, 1.165) is 19.3 Å². The molecular weight excluding hydrogens is 180 g/mol. The van der Waals surface area contributed by atoms with Crippen molar-refractivity contribution in [3.8, 4) is 0 Å². The van der Waals surface area contributed by atoms with Gasteiger partial charge in [0, 0.05) is 12.5 Å². The number of hydrogen-bond donors (Lipinski definition) is 1. The zero-order valence-corrected chi connectivity index (χ0v) is 8.88. The van der Waals surface area contributed by atoms with E-state index >= 15 is 0 Å². The Hall–Kier alpha value is -0.830. The molecule has 0 spiro atoms. The van der Waals surface area contributed by atoms with Crippen LogP contribution in [0.1, 0.15) is 46.0 Å². The van der Waals surface area contributed by atoms with Crippen LogP contribution in [0.2, 0.25) is 0 Å². The van der Waals surface area contributed by atoms with E-state index in [1.54, 1.807) is 0 Å². The van der Waals surface area contributed by atoms with Gasteiger partial charge in [0.15, 0.2) is 0 Å². The maximum absolute atomic E-state index is 11.2. The quantitative estimate of drug-likeness (QED) is 0.544. The second-order valence-electron chi connectivity index (χ2n) is 3.92. The summed E-state index contributed by atoms with van der Waals surface area (Å²) in [6.45, 7) is 3.62. The molecule has 1 aliphatic heterocycles. The fraction of sp³-hybridized carbons (Fsp3) is 0.727. The molecule has 0 aromatic carbocycles. The third kappa shape index (κ3) is 3.14. The van der Waals surface area contributed by atoms with E-state index in [9.17, 15) is 9.90 Å². The van der Waals surface area contributed by atoms with Crippen molar-refractivity contribution >= 4 is 5.97 Å². The Morgan fingerprint density at radius 1 is 1.43 bits per heavy atom. The molecule has 0 aromatic rings. The van der Waals surface area contributed by atoms with Crippen molar-refractivity contribution in [2.75, 3.05) is 0 Å². The van der Waals surface area contributed by atoms with Crippen molar-refractivity contribution < 1.29 is 14.6 Å². The molecule has 1 aliphatic rings. The molecule has 0 saturated carbocycles. The van der Waals surface area contributed by atoms with Gasteiger partial charge in [0.2, 0.25) is 5.79 Å². The summed E-state index contributed by atoms with van der Waals surface area (Å²) in [5.41, 5.74) is 0.617. The highest BCUT2D eigenvalue weighted by Gasteiger charge is 2.32. The fourth-order valence-electron chi connectivity index (χ4n) is 1.58. The van der Waals surface area contributed by atoms with Gasteiger partial charge in [0.25, 0.3) is 0 Å². The maximum atomic E-state index is 11.2. The molecule has 1 heterocycles. The Morgan fingerprint density at radius 3 is 2.64 bits per heavy atom. The van der Waals surface area contributed by atoms with Crippen LogP contribution in [0, 0.1) is 0 Å². The number of carbonyl (C=O) groups excluding carboxylic acids is 1. The fourth-order valence-corrected chi connectivity index (χ4v) is 1.58. The van der Waals surface area contributed by atoms with E-state index < -0.39 is 5.79 Å². The van der Waals surface area contributed by atoms with E-state index in [1.165, 1.54) is 25.8 Å². The van der Waals surface area contributed by atoms with Crippen LogP contribution in [-0.2, 0) is 9.53 Å². The zero-order chi connectivity index (χ0) is 10.6. The van der Waals surface area contributed by atoms with Crippen LogP contribution in [0.5, 0.6) is 0 Å². The number of rotatable bonds is 5. The SMILES string of the molecule is CCCCCCC1=CC(C)(O)OC1=O. The topological polar surface area (TPSA) is 46.5 Å². The normalized spacial score (nSPS) is 26.2. The van der Waals surface area contributed by atoms with Gasteiger partial charge < -0.3 is 9.84 Å². The van der Waals surface area contributed by atoms with Gasteiger partial charge >= 0.3 is 5.97 Å². The van der Waals surface area contributed by atoms with Gasteiger partial charge in [-0.15, -0.1) is 0 Å². The minimum Gasteiger partial charge on any atom is -0.426 e. The van der Waals surface area contributed by atoms with Crippen molar-refractivity contribution in [2.24, 2.45) is 0 Å². The first-order valence-electron chi connectivity index (χ1n) is 5.22. The summed E-state index contributed by atoms with van der Waals surface area (Å²) >= 11 is 0. The molecule has 1 atom stereocenters. The smallest absolute Gasteiger partial charge is 0.336 e. The predicted octanol–water partition coefficient (Wildman–Crippen LogP) is 2.15. The first-order chi connectivity index (χ1) is 6.55. The van der Waals surface area contributed by atoms with Gasteiger partial charge in [-0.05, 0) is 18.9 Å². The van der Waals surface area contributed by atoms with Crippen LogP contribution in [0.15, 0.2) is 11.6 Å². The van der Waals surface area contributed by atoms with Gasteiger partial charge in [-0.3, -0.25) is 0 Å². The van der Waals surface area contributed by atoms with Crippen molar-refractivity contribution in [1.29, 1.82) is 0 Å². The lowest BCUT2D eigenvalue weighted by molar-refractivity contribution is -0.172. The molecule has 0 radical (unpaired) electrons. The molecule has 0 saturated heterocycles. The van der Waals surface area contributed by atoms with Crippen molar-refractivity contribution in [3.63, 3.8) is 0 Å². The van der Waals surface area contributed by atoms with Crippen molar-refractivity contribution in [1.82, 2.24) is 0 Å². The van der Waals surface area contributed by atoms with Crippen LogP contribution < -0.4 is 0 Å². The third-order valence-corrected chi connectivity index (χ3v) is 2.30. The second-order valence-corrected chi connectivity index (χ2v) is 3.92. The maximum Gasteiger partial charge on any atom is 0.336 e. The summed E-state index contributed by atoms with van der Waals surface area (Å²) in [5, 5.41) is 9.42. The van der Waals surface area contributed by atoms with E-state index in [4.69, 9.17) is 4.74 Å². The number of esters is 1. The van der Waals surface area contributed by atoms with Gasteiger partial charge in [-0.2, -0.15) is 0 Å². The lowest BCUT2D eigenvalue weighted by Gasteiger charge is -2.11. The van der Waals surface area contributed by atoms with Crippen LogP contribution >= 0.6 is 0 Å².